The van der Waals surface area contributed by atoms with E-state index in [0.29, 0.717) is 24.3 Å². The molecule has 0 radical (unpaired) electrons. The first-order chi connectivity index (χ1) is 13.3. The lowest BCUT2D eigenvalue weighted by atomic mass is 10.1. The second kappa shape index (κ2) is 8.27. The van der Waals surface area contributed by atoms with Crippen LogP contribution in [0.25, 0.3) is 11.3 Å². The van der Waals surface area contributed by atoms with E-state index >= 15 is 0 Å². The zero-order valence-corrected chi connectivity index (χ0v) is 15.4. The molecule has 2 aromatic rings. The van der Waals surface area contributed by atoms with Crippen LogP contribution >= 0.6 is 0 Å². The lowest BCUT2D eigenvalue weighted by molar-refractivity contribution is -0.137. The maximum absolute atomic E-state index is 12.8. The Morgan fingerprint density at radius 1 is 1.29 bits per heavy atom. The third-order valence-electron chi connectivity index (χ3n) is 4.70. The van der Waals surface area contributed by atoms with E-state index in [9.17, 15) is 18.3 Å². The van der Waals surface area contributed by atoms with Crippen LogP contribution in [0.4, 0.5) is 19.1 Å². The van der Waals surface area contributed by atoms with Gasteiger partial charge in [0.25, 0.3) is 0 Å². The van der Waals surface area contributed by atoms with Gasteiger partial charge in [-0.3, -0.25) is 4.90 Å². The molecule has 1 aromatic heterocycles. The number of nitrogens with zero attached hydrogens (tertiary/aromatic N) is 4. The lowest BCUT2D eigenvalue weighted by Crippen LogP contribution is -2.43. The van der Waals surface area contributed by atoms with E-state index in [-0.39, 0.29) is 23.9 Å². The molecule has 28 heavy (non-hydrogen) atoms. The molecule has 0 aliphatic carbocycles. The third-order valence-corrected chi connectivity index (χ3v) is 4.70. The molecule has 2 heterocycles. The summed E-state index contributed by atoms with van der Waals surface area (Å²) in [4.78, 5) is 6.49. The molecule has 7 nitrogen and oxygen atoms in total. The monoisotopic (exact) mass is 397 g/mol. The number of anilines is 1. The number of halogens is 3. The number of likely N-dealkylation sites (tertiary alicyclic amines) is 1. The second-order valence-corrected chi connectivity index (χ2v) is 6.81. The fourth-order valence-electron chi connectivity index (χ4n) is 3.32. The SMILES string of the molecule is Cc1nc(NC2CCCN(CCO)C2)nnc1-c1ccc(C(F)(F)F)cc1O. The number of aliphatic hydroxyl groups is 1. The quantitative estimate of drug-likeness (QED) is 0.713. The van der Waals surface area contributed by atoms with Gasteiger partial charge < -0.3 is 15.5 Å². The molecule has 3 N–H and O–H groups in total. The number of phenols is 1. The molecule has 0 bridgehead atoms. The number of alkyl halides is 3. The first-order valence-corrected chi connectivity index (χ1v) is 8.99. The third kappa shape index (κ3) is 4.68. The summed E-state index contributed by atoms with van der Waals surface area (Å²) in [5, 5.41) is 30.4. The molecule has 3 rings (SSSR count). The highest BCUT2D eigenvalue weighted by molar-refractivity contribution is 5.69. The summed E-state index contributed by atoms with van der Waals surface area (Å²) in [6, 6.07) is 2.84. The van der Waals surface area contributed by atoms with Crippen molar-refractivity contribution in [1.82, 2.24) is 20.1 Å². The van der Waals surface area contributed by atoms with Crippen LogP contribution in [-0.4, -0.2) is 62.6 Å². The minimum absolute atomic E-state index is 0.106. The van der Waals surface area contributed by atoms with Gasteiger partial charge in [0.05, 0.1) is 17.9 Å². The Hall–Kier alpha value is -2.46. The molecule has 0 spiro atoms. The first-order valence-electron chi connectivity index (χ1n) is 8.99. The molecule has 1 atom stereocenters. The Balaban J connectivity index is 1.76. The van der Waals surface area contributed by atoms with Gasteiger partial charge in [-0.15, -0.1) is 10.2 Å². The maximum atomic E-state index is 12.8. The highest BCUT2D eigenvalue weighted by Gasteiger charge is 2.31. The Morgan fingerprint density at radius 3 is 2.71 bits per heavy atom. The van der Waals surface area contributed by atoms with E-state index in [0.717, 1.165) is 38.1 Å². The Labute approximate surface area is 160 Å². The highest BCUT2D eigenvalue weighted by atomic mass is 19.4. The lowest BCUT2D eigenvalue weighted by Gasteiger charge is -2.32. The Morgan fingerprint density at radius 2 is 2.07 bits per heavy atom. The largest absolute Gasteiger partial charge is 0.507 e. The van der Waals surface area contributed by atoms with E-state index in [2.05, 4.69) is 25.4 Å². The van der Waals surface area contributed by atoms with Crippen LogP contribution in [0.3, 0.4) is 0 Å². The number of hydrogen-bond acceptors (Lipinski definition) is 7. The number of aliphatic hydroxyl groups excluding tert-OH is 1. The van der Waals surface area contributed by atoms with Crippen LogP contribution < -0.4 is 5.32 Å². The molecular formula is C18H22F3N5O2. The van der Waals surface area contributed by atoms with Crippen molar-refractivity contribution < 1.29 is 23.4 Å². The number of phenolic OH excluding ortho intramolecular Hbond substituents is 1. The minimum Gasteiger partial charge on any atom is -0.507 e. The molecule has 0 amide bonds. The maximum Gasteiger partial charge on any atom is 0.416 e. The van der Waals surface area contributed by atoms with Crippen molar-refractivity contribution >= 4 is 5.95 Å². The summed E-state index contributed by atoms with van der Waals surface area (Å²) in [5.41, 5.74) is -0.128. The summed E-state index contributed by atoms with van der Waals surface area (Å²) < 4.78 is 38.3. The first kappa shape index (κ1) is 20.3. The summed E-state index contributed by atoms with van der Waals surface area (Å²) in [7, 11) is 0. The average Bonchev–Trinajstić information content (AvgIpc) is 2.62. The minimum atomic E-state index is -4.54. The van der Waals surface area contributed by atoms with Crippen LogP contribution in [0.1, 0.15) is 24.1 Å². The number of β-amino-alcohol motifs (C(OH)–C–C–N with tert-alkyl or cyclic N) is 1. The Kier molecular flexibility index (Phi) is 5.99. The van der Waals surface area contributed by atoms with Crippen molar-refractivity contribution in [3.8, 4) is 17.0 Å². The number of hydrogen-bond donors (Lipinski definition) is 3. The zero-order chi connectivity index (χ0) is 20.3. The van der Waals surface area contributed by atoms with Crippen molar-refractivity contribution in [2.45, 2.75) is 32.0 Å². The molecule has 0 saturated carbocycles. The van der Waals surface area contributed by atoms with Gasteiger partial charge in [0.1, 0.15) is 11.4 Å². The van der Waals surface area contributed by atoms with Crippen LogP contribution in [0.15, 0.2) is 18.2 Å². The predicted octanol–water partition coefficient (Wildman–Crippen LogP) is 2.44. The van der Waals surface area contributed by atoms with Crippen LogP contribution in [0, 0.1) is 6.92 Å². The summed E-state index contributed by atoms with van der Waals surface area (Å²) in [6.45, 7) is 4.07. The van der Waals surface area contributed by atoms with Gasteiger partial charge in [0.2, 0.25) is 5.95 Å². The van der Waals surface area contributed by atoms with Crippen molar-refractivity contribution in [2.75, 3.05) is 31.6 Å². The Bertz CT molecular complexity index is 829. The highest BCUT2D eigenvalue weighted by Crippen LogP contribution is 2.36. The molecule has 1 fully saturated rings. The molecule has 1 aliphatic rings. The molecule has 152 valence electrons. The zero-order valence-electron chi connectivity index (χ0n) is 15.4. The van der Waals surface area contributed by atoms with Crippen molar-refractivity contribution in [3.63, 3.8) is 0 Å². The standard InChI is InChI=1S/C18H22F3N5O2/c1-11-16(14-5-4-12(9-15(14)28)18(19,20)21)24-25-17(22-11)23-13-3-2-6-26(10-13)7-8-27/h4-5,9,13,27-28H,2-3,6-8,10H2,1H3,(H,22,23,25). The second-order valence-electron chi connectivity index (χ2n) is 6.81. The van der Waals surface area contributed by atoms with Gasteiger partial charge in [-0.2, -0.15) is 13.2 Å². The van der Waals surface area contributed by atoms with E-state index in [1.54, 1.807) is 6.92 Å². The average molecular weight is 397 g/mol. The van der Waals surface area contributed by atoms with E-state index in [4.69, 9.17) is 5.11 Å². The van der Waals surface area contributed by atoms with Gasteiger partial charge in [-0.05, 0) is 44.5 Å². The number of aromatic hydroxyl groups is 1. The van der Waals surface area contributed by atoms with Gasteiger partial charge in [0, 0.05) is 24.7 Å². The molecule has 1 aromatic carbocycles. The summed E-state index contributed by atoms with van der Waals surface area (Å²) >= 11 is 0. The van der Waals surface area contributed by atoms with E-state index in [1.807, 2.05) is 0 Å². The van der Waals surface area contributed by atoms with Gasteiger partial charge in [-0.25, -0.2) is 4.98 Å². The molecule has 1 unspecified atom stereocenters. The normalized spacial score (nSPS) is 18.2. The predicted molar refractivity (Wildman–Crippen MR) is 96.8 cm³/mol. The van der Waals surface area contributed by atoms with Crippen LogP contribution in [0.5, 0.6) is 5.75 Å². The molecule has 1 saturated heterocycles. The number of aryl methyl sites for hydroxylation is 1. The van der Waals surface area contributed by atoms with Crippen molar-refractivity contribution in [1.29, 1.82) is 0 Å². The van der Waals surface area contributed by atoms with Gasteiger partial charge in [0.15, 0.2) is 0 Å². The molecule has 10 heteroatoms. The van der Waals surface area contributed by atoms with Crippen molar-refractivity contribution in [2.24, 2.45) is 0 Å². The summed E-state index contributed by atoms with van der Waals surface area (Å²) in [5.74, 6) is -0.204. The van der Waals surface area contributed by atoms with Crippen molar-refractivity contribution in [3.05, 3.63) is 29.5 Å². The number of rotatable bonds is 5. The number of benzene rings is 1. The van der Waals surface area contributed by atoms with Crippen LogP contribution in [-0.2, 0) is 6.18 Å². The van der Waals surface area contributed by atoms with E-state index in [1.165, 1.54) is 0 Å². The number of aromatic nitrogens is 3. The van der Waals surface area contributed by atoms with Gasteiger partial charge in [-0.1, -0.05) is 0 Å². The topological polar surface area (TPSA) is 94.4 Å². The van der Waals surface area contributed by atoms with E-state index < -0.39 is 17.5 Å². The smallest absolute Gasteiger partial charge is 0.416 e. The molecular weight excluding hydrogens is 375 g/mol. The fraction of sp³-hybridized carbons (Fsp3) is 0.500. The summed E-state index contributed by atoms with van der Waals surface area (Å²) in [6.07, 6.45) is -2.61. The number of piperidine rings is 1. The molecule has 1 aliphatic heterocycles. The number of nitrogens with one attached hydrogen (secondary N) is 1. The van der Waals surface area contributed by atoms with Gasteiger partial charge >= 0.3 is 6.18 Å². The van der Waals surface area contributed by atoms with Crippen LogP contribution in [0.2, 0.25) is 0 Å². The fourth-order valence-corrected chi connectivity index (χ4v) is 3.32.